The van der Waals surface area contributed by atoms with Crippen molar-refractivity contribution < 1.29 is 9.84 Å². The van der Waals surface area contributed by atoms with Gasteiger partial charge >= 0.3 is 0 Å². The molecule has 2 heteroatoms. The zero-order valence-corrected chi connectivity index (χ0v) is 11.5. The Hall–Kier alpha value is -1.02. The van der Waals surface area contributed by atoms with Crippen molar-refractivity contribution in [2.24, 2.45) is 5.92 Å². The molecule has 0 heterocycles. The standard InChI is InChI=1S/C16H24O2/c1-3-13-8-7-11-16(17,12-13)14-9-5-6-10-15(14)18-4-2/h5-6,9-10,13,17H,3-4,7-8,11-12H2,1-2H3. The van der Waals surface area contributed by atoms with E-state index in [1.807, 2.05) is 31.2 Å². The minimum absolute atomic E-state index is 0.637. The van der Waals surface area contributed by atoms with Crippen LogP contribution in [0.5, 0.6) is 5.75 Å². The van der Waals surface area contributed by atoms with Crippen LogP contribution >= 0.6 is 0 Å². The largest absolute Gasteiger partial charge is 0.493 e. The molecule has 0 saturated heterocycles. The fourth-order valence-corrected chi connectivity index (χ4v) is 3.09. The quantitative estimate of drug-likeness (QED) is 0.876. The second-order valence-electron chi connectivity index (χ2n) is 5.33. The maximum absolute atomic E-state index is 11.0. The molecule has 0 aromatic heterocycles. The van der Waals surface area contributed by atoms with Crippen molar-refractivity contribution in [3.05, 3.63) is 29.8 Å². The average Bonchev–Trinajstić information content (AvgIpc) is 2.39. The van der Waals surface area contributed by atoms with Crippen LogP contribution in [0.1, 0.15) is 51.5 Å². The lowest BCUT2D eigenvalue weighted by Crippen LogP contribution is -2.33. The van der Waals surface area contributed by atoms with Crippen molar-refractivity contribution in [3.8, 4) is 5.75 Å². The molecule has 2 rings (SSSR count). The zero-order valence-electron chi connectivity index (χ0n) is 11.5. The zero-order chi connectivity index (χ0) is 13.0. The van der Waals surface area contributed by atoms with Gasteiger partial charge in [-0.1, -0.05) is 38.0 Å². The highest BCUT2D eigenvalue weighted by molar-refractivity contribution is 5.38. The van der Waals surface area contributed by atoms with E-state index in [0.717, 1.165) is 37.0 Å². The first-order valence-electron chi connectivity index (χ1n) is 7.14. The second-order valence-corrected chi connectivity index (χ2v) is 5.33. The molecule has 0 aliphatic heterocycles. The van der Waals surface area contributed by atoms with Gasteiger partial charge in [-0.3, -0.25) is 0 Å². The second kappa shape index (κ2) is 5.75. The van der Waals surface area contributed by atoms with Crippen LogP contribution < -0.4 is 4.74 Å². The molecular weight excluding hydrogens is 224 g/mol. The van der Waals surface area contributed by atoms with E-state index in [4.69, 9.17) is 4.74 Å². The molecule has 1 aromatic rings. The van der Waals surface area contributed by atoms with Crippen molar-refractivity contribution in [1.29, 1.82) is 0 Å². The molecule has 18 heavy (non-hydrogen) atoms. The normalized spacial score (nSPS) is 28.1. The minimum atomic E-state index is -0.690. The molecule has 100 valence electrons. The molecule has 0 bridgehead atoms. The maximum Gasteiger partial charge on any atom is 0.125 e. The van der Waals surface area contributed by atoms with Crippen LogP contribution in [0, 0.1) is 5.92 Å². The van der Waals surface area contributed by atoms with Crippen LogP contribution in [0.4, 0.5) is 0 Å². The van der Waals surface area contributed by atoms with E-state index in [1.165, 1.54) is 6.42 Å². The summed E-state index contributed by atoms with van der Waals surface area (Å²) < 4.78 is 5.66. The van der Waals surface area contributed by atoms with Gasteiger partial charge in [0, 0.05) is 5.56 Å². The number of rotatable bonds is 4. The summed E-state index contributed by atoms with van der Waals surface area (Å²) in [6, 6.07) is 7.94. The average molecular weight is 248 g/mol. The molecule has 2 unspecified atom stereocenters. The van der Waals surface area contributed by atoms with Gasteiger partial charge in [-0.2, -0.15) is 0 Å². The number of hydrogen-bond acceptors (Lipinski definition) is 2. The van der Waals surface area contributed by atoms with Crippen LogP contribution in [0.15, 0.2) is 24.3 Å². The molecule has 2 atom stereocenters. The minimum Gasteiger partial charge on any atom is -0.493 e. The van der Waals surface area contributed by atoms with Gasteiger partial charge in [-0.05, 0) is 38.2 Å². The lowest BCUT2D eigenvalue weighted by molar-refractivity contribution is -0.0236. The van der Waals surface area contributed by atoms with E-state index >= 15 is 0 Å². The van der Waals surface area contributed by atoms with Crippen LogP contribution in [-0.2, 0) is 5.60 Å². The Morgan fingerprint density at radius 1 is 1.33 bits per heavy atom. The smallest absolute Gasteiger partial charge is 0.125 e. The van der Waals surface area contributed by atoms with Crippen molar-refractivity contribution in [2.75, 3.05) is 6.61 Å². The number of para-hydroxylation sites is 1. The van der Waals surface area contributed by atoms with Crippen LogP contribution in [0.25, 0.3) is 0 Å². The Bertz CT molecular complexity index is 388. The third-order valence-corrected chi connectivity index (χ3v) is 4.09. The monoisotopic (exact) mass is 248 g/mol. The van der Waals surface area contributed by atoms with Crippen molar-refractivity contribution >= 4 is 0 Å². The van der Waals surface area contributed by atoms with Gasteiger partial charge < -0.3 is 9.84 Å². The van der Waals surface area contributed by atoms with E-state index in [9.17, 15) is 5.11 Å². The lowest BCUT2D eigenvalue weighted by Gasteiger charge is -2.37. The summed E-state index contributed by atoms with van der Waals surface area (Å²) in [5, 5.41) is 11.0. The highest BCUT2D eigenvalue weighted by Crippen LogP contribution is 2.44. The fourth-order valence-electron chi connectivity index (χ4n) is 3.09. The third-order valence-electron chi connectivity index (χ3n) is 4.09. The van der Waals surface area contributed by atoms with E-state index in [2.05, 4.69) is 6.92 Å². The maximum atomic E-state index is 11.0. The third kappa shape index (κ3) is 2.69. The topological polar surface area (TPSA) is 29.5 Å². The van der Waals surface area contributed by atoms with Crippen LogP contribution in [0.3, 0.4) is 0 Å². The SMILES string of the molecule is CCOc1ccccc1C1(O)CCCC(CC)C1. The van der Waals surface area contributed by atoms with Crippen molar-refractivity contribution in [1.82, 2.24) is 0 Å². The molecule has 0 spiro atoms. The number of ether oxygens (including phenoxy) is 1. The Labute approximate surface area is 110 Å². The molecule has 1 N–H and O–H groups in total. The predicted octanol–water partition coefficient (Wildman–Crippen LogP) is 3.87. The van der Waals surface area contributed by atoms with Gasteiger partial charge in [0.25, 0.3) is 0 Å². The molecule has 1 saturated carbocycles. The fraction of sp³-hybridized carbons (Fsp3) is 0.625. The van der Waals surface area contributed by atoms with E-state index < -0.39 is 5.60 Å². The molecule has 1 aliphatic rings. The van der Waals surface area contributed by atoms with E-state index in [-0.39, 0.29) is 0 Å². The first-order valence-corrected chi connectivity index (χ1v) is 7.14. The molecular formula is C16H24O2. The molecule has 0 radical (unpaired) electrons. The summed E-state index contributed by atoms with van der Waals surface area (Å²) in [4.78, 5) is 0. The van der Waals surface area contributed by atoms with Crippen molar-refractivity contribution in [3.63, 3.8) is 0 Å². The summed E-state index contributed by atoms with van der Waals surface area (Å²) in [7, 11) is 0. The number of benzene rings is 1. The molecule has 0 amide bonds. The molecule has 1 aromatic carbocycles. The summed E-state index contributed by atoms with van der Waals surface area (Å²) >= 11 is 0. The molecule has 1 aliphatic carbocycles. The number of aliphatic hydroxyl groups is 1. The summed E-state index contributed by atoms with van der Waals surface area (Å²) in [6.07, 6.45) is 5.23. The van der Waals surface area contributed by atoms with Gasteiger partial charge in [-0.15, -0.1) is 0 Å². The van der Waals surface area contributed by atoms with Crippen LogP contribution in [0.2, 0.25) is 0 Å². The molecule has 1 fully saturated rings. The van der Waals surface area contributed by atoms with E-state index in [1.54, 1.807) is 0 Å². The summed E-state index contributed by atoms with van der Waals surface area (Å²) in [5.41, 5.74) is 0.287. The summed E-state index contributed by atoms with van der Waals surface area (Å²) in [6.45, 7) is 4.84. The summed E-state index contributed by atoms with van der Waals surface area (Å²) in [5.74, 6) is 1.48. The van der Waals surface area contributed by atoms with E-state index in [0.29, 0.717) is 12.5 Å². The predicted molar refractivity (Wildman–Crippen MR) is 73.8 cm³/mol. The highest BCUT2D eigenvalue weighted by atomic mass is 16.5. The Morgan fingerprint density at radius 3 is 2.83 bits per heavy atom. The van der Waals surface area contributed by atoms with Gasteiger partial charge in [0.15, 0.2) is 0 Å². The first kappa shape index (κ1) is 13.4. The van der Waals surface area contributed by atoms with Gasteiger partial charge in [0.1, 0.15) is 5.75 Å². The van der Waals surface area contributed by atoms with Gasteiger partial charge in [0.05, 0.1) is 12.2 Å². The van der Waals surface area contributed by atoms with Crippen molar-refractivity contribution in [2.45, 2.75) is 51.6 Å². The highest BCUT2D eigenvalue weighted by Gasteiger charge is 2.37. The number of hydrogen-bond donors (Lipinski definition) is 1. The molecule has 2 nitrogen and oxygen atoms in total. The Morgan fingerprint density at radius 2 is 2.11 bits per heavy atom. The van der Waals surface area contributed by atoms with Gasteiger partial charge in [-0.25, -0.2) is 0 Å². The van der Waals surface area contributed by atoms with Gasteiger partial charge in [0.2, 0.25) is 0 Å². The lowest BCUT2D eigenvalue weighted by atomic mass is 9.73. The Kier molecular flexibility index (Phi) is 4.28. The Balaban J connectivity index is 2.28. The first-order chi connectivity index (χ1) is 8.69. The van der Waals surface area contributed by atoms with Crippen LogP contribution in [-0.4, -0.2) is 11.7 Å².